The highest BCUT2D eigenvalue weighted by molar-refractivity contribution is 6.01. The van der Waals surface area contributed by atoms with Gasteiger partial charge in [-0.1, -0.05) is 19.1 Å². The first kappa shape index (κ1) is 13.2. The summed E-state index contributed by atoms with van der Waals surface area (Å²) in [5.74, 6) is -1.47. The Bertz CT molecular complexity index is 418. The lowest BCUT2D eigenvalue weighted by Crippen LogP contribution is -2.29. The van der Waals surface area contributed by atoms with E-state index in [2.05, 4.69) is 10.6 Å². The van der Waals surface area contributed by atoms with Gasteiger partial charge in [-0.2, -0.15) is 0 Å². The number of benzene rings is 1. The van der Waals surface area contributed by atoms with Gasteiger partial charge in [-0.25, -0.2) is 4.79 Å². The Kier molecular flexibility index (Phi) is 4.66. The van der Waals surface area contributed by atoms with E-state index in [1.54, 1.807) is 32.2 Å². The van der Waals surface area contributed by atoms with Gasteiger partial charge in [0.25, 0.3) is 0 Å². The fourth-order valence-electron chi connectivity index (χ4n) is 1.43. The van der Waals surface area contributed by atoms with Gasteiger partial charge in [0.1, 0.15) is 0 Å². The van der Waals surface area contributed by atoms with Crippen LogP contribution in [0.25, 0.3) is 0 Å². The van der Waals surface area contributed by atoms with Gasteiger partial charge in [0.15, 0.2) is 0 Å². The summed E-state index contributed by atoms with van der Waals surface area (Å²) in [7, 11) is 1.76. The Labute approximate surface area is 99.8 Å². The molecule has 0 aliphatic carbocycles. The lowest BCUT2D eigenvalue weighted by atomic mass is 10.1. The number of anilines is 1. The predicted molar refractivity (Wildman–Crippen MR) is 65.1 cm³/mol. The summed E-state index contributed by atoms with van der Waals surface area (Å²) >= 11 is 0. The number of carbonyl (C=O) groups is 2. The van der Waals surface area contributed by atoms with E-state index < -0.39 is 5.97 Å². The Morgan fingerprint density at radius 2 is 2.00 bits per heavy atom. The molecule has 17 heavy (non-hydrogen) atoms. The smallest absolute Gasteiger partial charge is 0.337 e. The molecule has 1 amide bonds. The van der Waals surface area contributed by atoms with Crippen molar-refractivity contribution in [3.63, 3.8) is 0 Å². The van der Waals surface area contributed by atoms with Crippen LogP contribution in [0.4, 0.5) is 5.69 Å². The SMILES string of the molecule is CNCC(C)C(=O)Nc1ccccc1C(=O)O. The van der Waals surface area contributed by atoms with Crippen molar-refractivity contribution in [3.05, 3.63) is 29.8 Å². The van der Waals surface area contributed by atoms with Crippen molar-refractivity contribution in [2.24, 2.45) is 5.92 Å². The van der Waals surface area contributed by atoms with Crippen LogP contribution in [-0.2, 0) is 4.79 Å². The second kappa shape index (κ2) is 6.00. The topological polar surface area (TPSA) is 78.4 Å². The molecule has 0 aromatic heterocycles. The zero-order valence-electron chi connectivity index (χ0n) is 9.86. The Balaban J connectivity index is 2.81. The van der Waals surface area contributed by atoms with Crippen LogP contribution in [0.2, 0.25) is 0 Å². The number of hydrogen-bond acceptors (Lipinski definition) is 3. The number of carboxylic acids is 1. The summed E-state index contributed by atoms with van der Waals surface area (Å²) in [6.07, 6.45) is 0. The van der Waals surface area contributed by atoms with Crippen LogP contribution in [0.15, 0.2) is 24.3 Å². The highest BCUT2D eigenvalue weighted by Gasteiger charge is 2.15. The number of aromatic carboxylic acids is 1. The van der Waals surface area contributed by atoms with Crippen molar-refractivity contribution in [2.45, 2.75) is 6.92 Å². The van der Waals surface area contributed by atoms with Gasteiger partial charge in [0, 0.05) is 12.5 Å². The first-order chi connectivity index (χ1) is 8.06. The molecular weight excluding hydrogens is 220 g/mol. The van der Waals surface area contributed by atoms with Crippen molar-refractivity contribution in [1.29, 1.82) is 0 Å². The summed E-state index contributed by atoms with van der Waals surface area (Å²) in [6.45, 7) is 2.32. The molecule has 1 aromatic rings. The third-order valence-corrected chi connectivity index (χ3v) is 2.37. The predicted octanol–water partition coefficient (Wildman–Crippen LogP) is 1.18. The molecule has 1 aromatic carbocycles. The normalized spacial score (nSPS) is 11.9. The zero-order valence-corrected chi connectivity index (χ0v) is 9.86. The Hall–Kier alpha value is -1.88. The maximum atomic E-state index is 11.7. The first-order valence-electron chi connectivity index (χ1n) is 5.34. The van der Waals surface area contributed by atoms with Crippen LogP contribution in [0.1, 0.15) is 17.3 Å². The van der Waals surface area contributed by atoms with Crippen molar-refractivity contribution in [3.8, 4) is 0 Å². The monoisotopic (exact) mass is 236 g/mol. The molecule has 0 spiro atoms. The van der Waals surface area contributed by atoms with E-state index in [1.807, 2.05) is 0 Å². The maximum absolute atomic E-state index is 11.7. The molecule has 0 aliphatic rings. The fourth-order valence-corrected chi connectivity index (χ4v) is 1.43. The summed E-state index contributed by atoms with van der Waals surface area (Å²) in [5.41, 5.74) is 0.422. The number of amides is 1. The molecule has 5 heteroatoms. The summed E-state index contributed by atoms with van der Waals surface area (Å²) in [5, 5.41) is 14.5. The van der Waals surface area contributed by atoms with E-state index in [0.29, 0.717) is 12.2 Å². The van der Waals surface area contributed by atoms with Crippen LogP contribution >= 0.6 is 0 Å². The summed E-state index contributed by atoms with van der Waals surface area (Å²) < 4.78 is 0. The lowest BCUT2D eigenvalue weighted by Gasteiger charge is -2.13. The van der Waals surface area contributed by atoms with Gasteiger partial charge in [0.2, 0.25) is 5.91 Å². The average molecular weight is 236 g/mol. The zero-order chi connectivity index (χ0) is 12.8. The minimum atomic E-state index is -1.05. The molecule has 1 unspecified atom stereocenters. The molecular formula is C12H16N2O3. The van der Waals surface area contributed by atoms with Crippen molar-refractivity contribution in [1.82, 2.24) is 5.32 Å². The number of hydrogen-bond donors (Lipinski definition) is 3. The minimum absolute atomic E-state index is 0.0949. The van der Waals surface area contributed by atoms with Gasteiger partial charge < -0.3 is 15.7 Å². The fraction of sp³-hybridized carbons (Fsp3) is 0.333. The van der Waals surface area contributed by atoms with Crippen molar-refractivity contribution < 1.29 is 14.7 Å². The van der Waals surface area contributed by atoms with E-state index in [1.165, 1.54) is 6.07 Å². The van der Waals surface area contributed by atoms with Crippen LogP contribution in [0.5, 0.6) is 0 Å². The van der Waals surface area contributed by atoms with E-state index in [-0.39, 0.29) is 17.4 Å². The van der Waals surface area contributed by atoms with Gasteiger partial charge in [-0.3, -0.25) is 4.79 Å². The molecule has 0 fully saturated rings. The third-order valence-electron chi connectivity index (χ3n) is 2.37. The average Bonchev–Trinajstić information content (AvgIpc) is 2.29. The van der Waals surface area contributed by atoms with Gasteiger partial charge in [-0.05, 0) is 19.2 Å². The number of nitrogens with one attached hydrogen (secondary N) is 2. The second-order valence-electron chi connectivity index (χ2n) is 3.80. The molecule has 5 nitrogen and oxygen atoms in total. The highest BCUT2D eigenvalue weighted by Crippen LogP contribution is 2.15. The molecule has 0 bridgehead atoms. The Morgan fingerprint density at radius 3 is 2.59 bits per heavy atom. The maximum Gasteiger partial charge on any atom is 0.337 e. The minimum Gasteiger partial charge on any atom is -0.478 e. The van der Waals surface area contributed by atoms with E-state index in [0.717, 1.165) is 0 Å². The third kappa shape index (κ3) is 3.57. The molecule has 0 radical (unpaired) electrons. The van der Waals surface area contributed by atoms with Crippen LogP contribution in [-0.4, -0.2) is 30.6 Å². The largest absolute Gasteiger partial charge is 0.478 e. The standard InChI is InChI=1S/C12H16N2O3/c1-8(7-13-2)11(15)14-10-6-4-3-5-9(10)12(16)17/h3-6,8,13H,7H2,1-2H3,(H,14,15)(H,16,17). The molecule has 92 valence electrons. The summed E-state index contributed by atoms with van der Waals surface area (Å²) in [4.78, 5) is 22.7. The molecule has 0 aliphatic heterocycles. The molecule has 3 N–H and O–H groups in total. The molecule has 0 heterocycles. The molecule has 0 saturated carbocycles. The van der Waals surface area contributed by atoms with Gasteiger partial charge >= 0.3 is 5.97 Å². The van der Waals surface area contributed by atoms with Crippen molar-refractivity contribution in [2.75, 3.05) is 18.9 Å². The molecule has 1 rings (SSSR count). The van der Waals surface area contributed by atoms with Gasteiger partial charge in [-0.15, -0.1) is 0 Å². The van der Waals surface area contributed by atoms with Crippen molar-refractivity contribution >= 4 is 17.6 Å². The number of para-hydroxylation sites is 1. The lowest BCUT2D eigenvalue weighted by molar-refractivity contribution is -0.119. The number of rotatable bonds is 5. The molecule has 0 saturated heterocycles. The number of carbonyl (C=O) groups excluding carboxylic acids is 1. The van der Waals surface area contributed by atoms with Crippen LogP contribution in [0, 0.1) is 5.92 Å². The van der Waals surface area contributed by atoms with E-state index >= 15 is 0 Å². The quantitative estimate of drug-likeness (QED) is 0.717. The second-order valence-corrected chi connectivity index (χ2v) is 3.80. The van der Waals surface area contributed by atoms with Crippen LogP contribution in [0.3, 0.4) is 0 Å². The van der Waals surface area contributed by atoms with Gasteiger partial charge in [0.05, 0.1) is 11.3 Å². The van der Waals surface area contributed by atoms with E-state index in [4.69, 9.17) is 5.11 Å². The Morgan fingerprint density at radius 1 is 1.35 bits per heavy atom. The van der Waals surface area contributed by atoms with E-state index in [9.17, 15) is 9.59 Å². The summed E-state index contributed by atoms with van der Waals surface area (Å²) in [6, 6.07) is 6.34. The highest BCUT2D eigenvalue weighted by atomic mass is 16.4. The van der Waals surface area contributed by atoms with Crippen LogP contribution < -0.4 is 10.6 Å². The first-order valence-corrected chi connectivity index (χ1v) is 5.34. The molecule has 1 atom stereocenters. The number of carboxylic acid groups (broad SMARTS) is 1.